The quantitative estimate of drug-likeness (QED) is 0.596. The Bertz CT molecular complexity index is 1020. The van der Waals surface area contributed by atoms with Crippen LogP contribution < -0.4 is 5.56 Å². The van der Waals surface area contributed by atoms with E-state index in [-0.39, 0.29) is 5.56 Å². The van der Waals surface area contributed by atoms with Gasteiger partial charge < -0.3 is 4.98 Å². The van der Waals surface area contributed by atoms with Crippen LogP contribution >= 0.6 is 11.3 Å². The Morgan fingerprint density at radius 3 is 2.91 bits per heavy atom. The summed E-state index contributed by atoms with van der Waals surface area (Å²) in [5.41, 5.74) is 3.12. The number of aromatic nitrogens is 5. The van der Waals surface area contributed by atoms with Crippen molar-refractivity contribution in [2.24, 2.45) is 0 Å². The van der Waals surface area contributed by atoms with Gasteiger partial charge in [-0.15, -0.1) is 11.3 Å². The average molecular weight is 309 g/mol. The van der Waals surface area contributed by atoms with Crippen LogP contribution in [0.5, 0.6) is 0 Å². The fourth-order valence-electron chi connectivity index (χ4n) is 2.30. The van der Waals surface area contributed by atoms with E-state index in [1.807, 2.05) is 31.2 Å². The predicted molar refractivity (Wildman–Crippen MR) is 85.8 cm³/mol. The van der Waals surface area contributed by atoms with Gasteiger partial charge in [0, 0.05) is 22.3 Å². The van der Waals surface area contributed by atoms with E-state index in [0.29, 0.717) is 21.7 Å². The smallest absolute Gasteiger partial charge is 0.269 e. The van der Waals surface area contributed by atoms with Gasteiger partial charge in [-0.25, -0.2) is 4.98 Å². The maximum Gasteiger partial charge on any atom is 0.269 e. The van der Waals surface area contributed by atoms with Gasteiger partial charge >= 0.3 is 0 Å². The molecule has 0 atom stereocenters. The van der Waals surface area contributed by atoms with Gasteiger partial charge in [-0.3, -0.25) is 14.9 Å². The summed E-state index contributed by atoms with van der Waals surface area (Å²) in [5, 5.41) is 6.92. The van der Waals surface area contributed by atoms with E-state index in [4.69, 9.17) is 0 Å². The summed E-state index contributed by atoms with van der Waals surface area (Å²) in [4.78, 5) is 24.8. The van der Waals surface area contributed by atoms with Crippen molar-refractivity contribution in [3.8, 4) is 22.0 Å². The maximum absolute atomic E-state index is 12.3. The first kappa shape index (κ1) is 12.9. The van der Waals surface area contributed by atoms with Gasteiger partial charge in [0.25, 0.3) is 5.56 Å². The molecule has 7 heteroatoms. The summed E-state index contributed by atoms with van der Waals surface area (Å²) in [6, 6.07) is 7.42. The molecular formula is C15H11N5OS. The lowest BCUT2D eigenvalue weighted by Crippen LogP contribution is -2.07. The van der Waals surface area contributed by atoms with Gasteiger partial charge in [-0.05, 0) is 25.1 Å². The van der Waals surface area contributed by atoms with Crippen LogP contribution in [0.3, 0.4) is 0 Å². The fourth-order valence-corrected chi connectivity index (χ4v) is 3.35. The number of nitrogens with zero attached hydrogens (tertiary/aromatic N) is 3. The van der Waals surface area contributed by atoms with E-state index in [1.165, 1.54) is 11.3 Å². The lowest BCUT2D eigenvalue weighted by Gasteiger charge is -1.98. The zero-order chi connectivity index (χ0) is 15.1. The van der Waals surface area contributed by atoms with Crippen LogP contribution in [0.1, 0.15) is 5.69 Å². The average Bonchev–Trinajstić information content (AvgIpc) is 3.14. The molecule has 0 unspecified atom stereocenters. The molecule has 4 aromatic rings. The number of fused-ring (bicyclic) bond motifs is 1. The van der Waals surface area contributed by atoms with Crippen molar-refractivity contribution in [1.82, 2.24) is 25.1 Å². The normalized spacial score (nSPS) is 11.1. The van der Waals surface area contributed by atoms with Crippen LogP contribution in [0.15, 0.2) is 41.5 Å². The Labute approximate surface area is 128 Å². The zero-order valence-electron chi connectivity index (χ0n) is 11.6. The second-order valence-electron chi connectivity index (χ2n) is 4.86. The van der Waals surface area contributed by atoms with E-state index < -0.39 is 0 Å². The van der Waals surface area contributed by atoms with Gasteiger partial charge in [0.15, 0.2) is 5.82 Å². The number of hydrogen-bond donors (Lipinski definition) is 2. The second-order valence-corrected chi connectivity index (χ2v) is 5.92. The number of thiophene rings is 1. The van der Waals surface area contributed by atoms with Gasteiger partial charge in [-0.1, -0.05) is 6.07 Å². The van der Waals surface area contributed by atoms with E-state index >= 15 is 0 Å². The van der Waals surface area contributed by atoms with E-state index in [1.54, 1.807) is 12.4 Å². The fraction of sp³-hybridized carbons (Fsp3) is 0.0667. The van der Waals surface area contributed by atoms with Crippen molar-refractivity contribution in [2.75, 3.05) is 0 Å². The Morgan fingerprint density at radius 1 is 1.27 bits per heavy atom. The molecule has 0 amide bonds. The van der Waals surface area contributed by atoms with Crippen molar-refractivity contribution in [2.45, 2.75) is 6.92 Å². The lowest BCUT2D eigenvalue weighted by atomic mass is 10.2. The molecule has 22 heavy (non-hydrogen) atoms. The summed E-state index contributed by atoms with van der Waals surface area (Å²) in [6.45, 7) is 1.95. The van der Waals surface area contributed by atoms with Gasteiger partial charge in [0.1, 0.15) is 10.4 Å². The topological polar surface area (TPSA) is 87.3 Å². The molecule has 2 N–H and O–H groups in total. The third kappa shape index (κ3) is 2.03. The highest BCUT2D eigenvalue weighted by Crippen LogP contribution is 2.32. The highest BCUT2D eigenvalue weighted by Gasteiger charge is 2.13. The van der Waals surface area contributed by atoms with Crippen LogP contribution in [0, 0.1) is 6.92 Å². The van der Waals surface area contributed by atoms with Crippen molar-refractivity contribution in [3.05, 3.63) is 52.7 Å². The first-order chi connectivity index (χ1) is 10.7. The molecule has 0 aliphatic heterocycles. The molecule has 6 nitrogen and oxygen atoms in total. The third-order valence-electron chi connectivity index (χ3n) is 3.39. The molecule has 0 aliphatic carbocycles. The van der Waals surface area contributed by atoms with Crippen molar-refractivity contribution < 1.29 is 0 Å². The number of H-pyrrole nitrogens is 2. The van der Waals surface area contributed by atoms with E-state index in [2.05, 4.69) is 25.1 Å². The van der Waals surface area contributed by atoms with Crippen molar-refractivity contribution in [1.29, 1.82) is 0 Å². The van der Waals surface area contributed by atoms with E-state index in [9.17, 15) is 4.79 Å². The van der Waals surface area contributed by atoms with Crippen molar-refractivity contribution in [3.63, 3.8) is 0 Å². The van der Waals surface area contributed by atoms with Gasteiger partial charge in [0.2, 0.25) is 0 Å². The Morgan fingerprint density at radius 2 is 2.18 bits per heavy atom. The molecule has 108 valence electrons. The molecule has 0 aliphatic rings. The summed E-state index contributed by atoms with van der Waals surface area (Å²) in [5.74, 6) is 0.478. The molecule has 0 aromatic carbocycles. The SMILES string of the molecule is Cc1[nH]ncc1-c1cc2nc(-c3ccccn3)[nH]c(=O)c2s1. The third-order valence-corrected chi connectivity index (χ3v) is 4.54. The highest BCUT2D eigenvalue weighted by molar-refractivity contribution is 7.22. The number of pyridine rings is 1. The largest absolute Gasteiger partial charge is 0.304 e. The Kier molecular flexibility index (Phi) is 2.87. The van der Waals surface area contributed by atoms with Crippen LogP contribution in [0.25, 0.3) is 32.2 Å². The van der Waals surface area contributed by atoms with Crippen LogP contribution in [0.4, 0.5) is 0 Å². The van der Waals surface area contributed by atoms with Gasteiger partial charge in [0.05, 0.1) is 11.7 Å². The molecule has 4 aromatic heterocycles. The lowest BCUT2D eigenvalue weighted by molar-refractivity contribution is 1.05. The standard InChI is InChI=1S/C15H11N5OS/c1-8-9(7-17-20-8)12-6-11-13(22-12)15(21)19-14(18-11)10-4-2-3-5-16-10/h2-7H,1H3,(H,17,20)(H,18,19,21). The molecule has 0 radical (unpaired) electrons. The maximum atomic E-state index is 12.3. The van der Waals surface area contributed by atoms with E-state index in [0.717, 1.165) is 16.1 Å². The number of nitrogens with one attached hydrogen (secondary N) is 2. The molecular weight excluding hydrogens is 298 g/mol. The number of hydrogen-bond acceptors (Lipinski definition) is 5. The molecule has 0 fully saturated rings. The van der Waals surface area contributed by atoms with Gasteiger partial charge in [-0.2, -0.15) is 5.10 Å². The number of rotatable bonds is 2. The van der Waals surface area contributed by atoms with Crippen LogP contribution in [0.2, 0.25) is 0 Å². The number of aryl methyl sites for hydroxylation is 1. The highest BCUT2D eigenvalue weighted by atomic mass is 32.1. The summed E-state index contributed by atoms with van der Waals surface area (Å²) < 4.78 is 0.607. The van der Waals surface area contributed by atoms with Crippen molar-refractivity contribution >= 4 is 21.6 Å². The monoisotopic (exact) mass is 309 g/mol. The second kappa shape index (κ2) is 4.88. The molecule has 0 saturated carbocycles. The summed E-state index contributed by atoms with van der Waals surface area (Å²) >= 11 is 1.41. The first-order valence-corrected chi connectivity index (χ1v) is 7.49. The molecule has 0 bridgehead atoms. The minimum atomic E-state index is -0.150. The first-order valence-electron chi connectivity index (χ1n) is 6.68. The van der Waals surface area contributed by atoms with Crippen LogP contribution in [-0.4, -0.2) is 25.1 Å². The minimum absolute atomic E-state index is 0.150. The molecule has 4 rings (SSSR count). The molecule has 4 heterocycles. The Balaban J connectivity index is 1.92. The zero-order valence-corrected chi connectivity index (χ0v) is 12.4. The minimum Gasteiger partial charge on any atom is -0.304 e. The summed E-state index contributed by atoms with van der Waals surface area (Å²) in [6.07, 6.45) is 3.43. The van der Waals surface area contributed by atoms with Crippen LogP contribution in [-0.2, 0) is 0 Å². The molecule has 0 spiro atoms. The summed E-state index contributed by atoms with van der Waals surface area (Å²) in [7, 11) is 0. The molecule has 0 saturated heterocycles. The predicted octanol–water partition coefficient (Wildman–Crippen LogP) is 2.75. The Hall–Kier alpha value is -2.80. The number of aromatic amines is 2.